The van der Waals surface area contributed by atoms with Crippen LogP contribution in [0.5, 0.6) is 0 Å². The van der Waals surface area contributed by atoms with Crippen LogP contribution in [0.4, 0.5) is 11.4 Å². The molecule has 4 rings (SSSR count). The summed E-state index contributed by atoms with van der Waals surface area (Å²) in [7, 11) is 0. The summed E-state index contributed by atoms with van der Waals surface area (Å²) >= 11 is 0. The number of anilines is 2. The third kappa shape index (κ3) is 3.24. The summed E-state index contributed by atoms with van der Waals surface area (Å²) in [5.74, 6) is -0.0446. The van der Waals surface area contributed by atoms with Crippen molar-refractivity contribution in [2.45, 2.75) is 12.8 Å². The average Bonchev–Trinajstić information content (AvgIpc) is 3.34. The smallest absolute Gasteiger partial charge is 0.255 e. The van der Waals surface area contributed by atoms with Gasteiger partial charge in [0.1, 0.15) is 0 Å². The number of hydrogen-bond donors (Lipinski definition) is 1. The van der Waals surface area contributed by atoms with Crippen LogP contribution in [0, 0.1) is 0 Å². The number of hydrogen-bond acceptors (Lipinski definition) is 2. The molecule has 2 heterocycles. The lowest BCUT2D eigenvalue weighted by Gasteiger charge is -2.17. The largest absolute Gasteiger partial charge is 0.324 e. The Hall–Kier alpha value is -3.34. The zero-order valence-corrected chi connectivity index (χ0v) is 14.3. The molecule has 0 aliphatic carbocycles. The first kappa shape index (κ1) is 16.1. The molecule has 0 bridgehead atoms. The molecule has 0 radical (unpaired) electrons. The minimum Gasteiger partial charge on any atom is -0.324 e. The highest BCUT2D eigenvalue weighted by atomic mass is 16.2. The Bertz CT molecular complexity index is 947. The second-order valence-corrected chi connectivity index (χ2v) is 6.29. The number of nitrogens with one attached hydrogen (secondary N) is 1. The summed E-state index contributed by atoms with van der Waals surface area (Å²) in [5.41, 5.74) is 3.02. The topological polar surface area (TPSA) is 54.3 Å². The third-order valence-electron chi connectivity index (χ3n) is 4.50. The monoisotopic (exact) mass is 345 g/mol. The van der Waals surface area contributed by atoms with Crippen LogP contribution >= 0.6 is 0 Å². The molecule has 26 heavy (non-hydrogen) atoms. The molecule has 0 unspecified atom stereocenters. The Kier molecular flexibility index (Phi) is 4.27. The maximum atomic E-state index is 12.6. The van der Waals surface area contributed by atoms with Crippen LogP contribution in [0.25, 0.3) is 5.69 Å². The maximum absolute atomic E-state index is 12.6. The molecule has 2 amide bonds. The first-order valence-electron chi connectivity index (χ1n) is 8.66. The maximum Gasteiger partial charge on any atom is 0.255 e. The van der Waals surface area contributed by atoms with Gasteiger partial charge in [-0.15, -0.1) is 0 Å². The van der Waals surface area contributed by atoms with Gasteiger partial charge in [0.05, 0.1) is 0 Å². The van der Waals surface area contributed by atoms with E-state index in [-0.39, 0.29) is 11.8 Å². The first-order valence-corrected chi connectivity index (χ1v) is 8.66. The fourth-order valence-corrected chi connectivity index (χ4v) is 3.19. The van der Waals surface area contributed by atoms with Gasteiger partial charge in [0.15, 0.2) is 0 Å². The van der Waals surface area contributed by atoms with Gasteiger partial charge in [0.25, 0.3) is 5.91 Å². The fourth-order valence-electron chi connectivity index (χ4n) is 3.19. The summed E-state index contributed by atoms with van der Waals surface area (Å²) in [4.78, 5) is 26.3. The Balaban J connectivity index is 1.53. The van der Waals surface area contributed by atoms with Gasteiger partial charge >= 0.3 is 0 Å². The average molecular weight is 345 g/mol. The Morgan fingerprint density at radius 3 is 2.46 bits per heavy atom. The number of benzene rings is 2. The highest BCUT2D eigenvalue weighted by Crippen LogP contribution is 2.24. The van der Waals surface area contributed by atoms with Crippen molar-refractivity contribution in [3.8, 4) is 5.69 Å². The van der Waals surface area contributed by atoms with E-state index in [1.54, 1.807) is 11.0 Å². The van der Waals surface area contributed by atoms with Crippen molar-refractivity contribution >= 4 is 23.2 Å². The van der Waals surface area contributed by atoms with Crippen LogP contribution in [-0.2, 0) is 4.79 Å². The van der Waals surface area contributed by atoms with Crippen molar-refractivity contribution in [1.82, 2.24) is 4.57 Å². The van der Waals surface area contributed by atoms with Crippen molar-refractivity contribution in [2.24, 2.45) is 0 Å². The lowest BCUT2D eigenvalue weighted by atomic mass is 10.1. The number of carbonyl (C=O) groups is 2. The SMILES string of the molecule is O=C(Nc1cccc(N2CCCC2=O)c1)c1cccc(-n2cccc2)c1. The number of amides is 2. The van der Waals surface area contributed by atoms with Gasteiger partial charge in [-0.25, -0.2) is 0 Å². The molecule has 0 saturated carbocycles. The predicted octanol–water partition coefficient (Wildman–Crippen LogP) is 3.86. The molecule has 1 saturated heterocycles. The molecule has 130 valence electrons. The second kappa shape index (κ2) is 6.88. The molecular weight excluding hydrogens is 326 g/mol. The Labute approximate surface area is 151 Å². The van der Waals surface area contributed by atoms with E-state index < -0.39 is 0 Å². The van der Waals surface area contributed by atoms with E-state index in [1.807, 2.05) is 71.6 Å². The summed E-state index contributed by atoms with van der Waals surface area (Å²) in [5, 5.41) is 2.92. The number of nitrogens with zero attached hydrogens (tertiary/aromatic N) is 2. The van der Waals surface area contributed by atoms with E-state index >= 15 is 0 Å². The van der Waals surface area contributed by atoms with Gasteiger partial charge < -0.3 is 14.8 Å². The minimum atomic E-state index is -0.177. The van der Waals surface area contributed by atoms with Crippen molar-refractivity contribution in [3.05, 3.63) is 78.6 Å². The molecule has 5 nitrogen and oxygen atoms in total. The summed E-state index contributed by atoms with van der Waals surface area (Å²) < 4.78 is 1.95. The number of rotatable bonds is 4. The molecule has 1 aliphatic rings. The van der Waals surface area contributed by atoms with Crippen LogP contribution in [-0.4, -0.2) is 22.9 Å². The van der Waals surface area contributed by atoms with Crippen molar-refractivity contribution in [2.75, 3.05) is 16.8 Å². The van der Waals surface area contributed by atoms with Gasteiger partial charge in [0, 0.05) is 48.0 Å². The van der Waals surface area contributed by atoms with Gasteiger partial charge in [-0.05, 0) is 55.0 Å². The standard InChI is InChI=1S/C21H19N3O2/c25-20-10-5-13-24(20)19-9-4-7-17(15-19)22-21(26)16-6-3-8-18(14-16)23-11-1-2-12-23/h1-4,6-9,11-12,14-15H,5,10,13H2,(H,22,26). The van der Waals surface area contributed by atoms with Gasteiger partial charge in [-0.3, -0.25) is 9.59 Å². The molecule has 5 heteroatoms. The molecule has 1 aromatic heterocycles. The molecule has 1 N–H and O–H groups in total. The van der Waals surface area contributed by atoms with Crippen LogP contribution < -0.4 is 10.2 Å². The summed E-state index contributed by atoms with van der Waals surface area (Å²) in [6.07, 6.45) is 5.34. The third-order valence-corrected chi connectivity index (χ3v) is 4.50. The van der Waals surface area contributed by atoms with E-state index in [4.69, 9.17) is 0 Å². The molecule has 3 aromatic rings. The zero-order valence-electron chi connectivity index (χ0n) is 14.3. The van der Waals surface area contributed by atoms with Crippen LogP contribution in [0.3, 0.4) is 0 Å². The van der Waals surface area contributed by atoms with Crippen LogP contribution in [0.2, 0.25) is 0 Å². The fraction of sp³-hybridized carbons (Fsp3) is 0.143. The molecule has 2 aromatic carbocycles. The summed E-state index contributed by atoms with van der Waals surface area (Å²) in [6.45, 7) is 0.731. The lowest BCUT2D eigenvalue weighted by molar-refractivity contribution is -0.117. The van der Waals surface area contributed by atoms with Gasteiger partial charge in [0.2, 0.25) is 5.91 Å². The lowest BCUT2D eigenvalue weighted by Crippen LogP contribution is -2.23. The van der Waals surface area contributed by atoms with Crippen LogP contribution in [0.1, 0.15) is 23.2 Å². The Morgan fingerprint density at radius 1 is 0.923 bits per heavy atom. The van der Waals surface area contributed by atoms with E-state index in [0.29, 0.717) is 17.7 Å². The molecule has 1 aliphatic heterocycles. The predicted molar refractivity (Wildman–Crippen MR) is 102 cm³/mol. The molecule has 1 fully saturated rings. The number of carbonyl (C=O) groups excluding carboxylic acids is 2. The minimum absolute atomic E-state index is 0.132. The van der Waals surface area contributed by atoms with Gasteiger partial charge in [-0.2, -0.15) is 0 Å². The molecule has 0 atom stereocenters. The van der Waals surface area contributed by atoms with E-state index in [9.17, 15) is 9.59 Å². The highest BCUT2D eigenvalue weighted by Gasteiger charge is 2.21. The molecule has 0 spiro atoms. The van der Waals surface area contributed by atoms with E-state index in [2.05, 4.69) is 5.32 Å². The summed E-state index contributed by atoms with van der Waals surface area (Å²) in [6, 6.07) is 18.8. The highest BCUT2D eigenvalue weighted by molar-refractivity contribution is 6.05. The second-order valence-electron chi connectivity index (χ2n) is 6.29. The zero-order chi connectivity index (χ0) is 17.9. The quantitative estimate of drug-likeness (QED) is 0.781. The van der Waals surface area contributed by atoms with Gasteiger partial charge in [-0.1, -0.05) is 12.1 Å². The van der Waals surface area contributed by atoms with Crippen LogP contribution in [0.15, 0.2) is 73.1 Å². The Morgan fingerprint density at radius 2 is 1.69 bits per heavy atom. The van der Waals surface area contributed by atoms with Crippen molar-refractivity contribution in [1.29, 1.82) is 0 Å². The van der Waals surface area contributed by atoms with Crippen molar-refractivity contribution < 1.29 is 9.59 Å². The molecular formula is C21H19N3O2. The number of aromatic nitrogens is 1. The first-order chi connectivity index (χ1) is 12.7. The van der Waals surface area contributed by atoms with E-state index in [0.717, 1.165) is 24.3 Å². The van der Waals surface area contributed by atoms with Crippen molar-refractivity contribution in [3.63, 3.8) is 0 Å². The van der Waals surface area contributed by atoms with E-state index in [1.165, 1.54) is 0 Å². The normalized spacial score (nSPS) is 13.8.